The summed E-state index contributed by atoms with van der Waals surface area (Å²) in [7, 11) is 0. The van der Waals surface area contributed by atoms with Crippen molar-refractivity contribution in [1.82, 2.24) is 10.3 Å². The maximum Gasteiger partial charge on any atom is 0.573 e. The molecule has 0 radical (unpaired) electrons. The number of amides is 1. The molecule has 0 aliphatic rings. The number of hydrogen-bond acceptors (Lipinski definition) is 3. The number of alkyl halides is 3. The maximum absolute atomic E-state index is 12.2. The van der Waals surface area contributed by atoms with Crippen LogP contribution in [0.1, 0.15) is 23.8 Å². The lowest BCUT2D eigenvalue weighted by molar-refractivity contribution is -0.274. The van der Waals surface area contributed by atoms with Crippen molar-refractivity contribution in [2.45, 2.75) is 25.7 Å². The van der Waals surface area contributed by atoms with Crippen LogP contribution in [0.2, 0.25) is 0 Å². The van der Waals surface area contributed by atoms with E-state index >= 15 is 0 Å². The monoisotopic (exact) mass is 316 g/mol. The second-order valence-electron chi connectivity index (χ2n) is 4.87. The summed E-state index contributed by atoms with van der Waals surface area (Å²) in [5, 5.41) is 12.1. The number of rotatable bonds is 5. The van der Waals surface area contributed by atoms with Gasteiger partial charge in [-0.1, -0.05) is 0 Å². The Hall–Kier alpha value is -2.22. The van der Waals surface area contributed by atoms with Gasteiger partial charge in [0, 0.05) is 29.6 Å². The standard InChI is InChI=1S/C14H15F3N2O3/c1-8(4-5-20)18-13(21)12-6-9-2-3-10(7-11(9)19-12)22-14(15,16)17/h2-3,6-8,19-20H,4-5H2,1H3,(H,18,21)/t8-/m1/s1. The van der Waals surface area contributed by atoms with E-state index < -0.39 is 12.3 Å². The van der Waals surface area contributed by atoms with Crippen molar-refractivity contribution in [2.24, 2.45) is 0 Å². The third-order valence-corrected chi connectivity index (χ3v) is 3.01. The molecule has 0 unspecified atom stereocenters. The molecule has 1 aromatic heterocycles. The summed E-state index contributed by atoms with van der Waals surface area (Å²) in [5.41, 5.74) is 0.589. The Morgan fingerprint density at radius 1 is 1.41 bits per heavy atom. The molecule has 1 heterocycles. The number of aromatic nitrogens is 1. The number of hydrogen-bond donors (Lipinski definition) is 3. The molecule has 0 fully saturated rings. The van der Waals surface area contributed by atoms with Crippen LogP contribution in [-0.2, 0) is 0 Å². The SMILES string of the molecule is C[C@H](CCO)NC(=O)c1cc2ccc(OC(F)(F)F)cc2[nH]1. The van der Waals surface area contributed by atoms with Crippen LogP contribution in [0.25, 0.3) is 10.9 Å². The van der Waals surface area contributed by atoms with E-state index in [0.29, 0.717) is 17.3 Å². The smallest absolute Gasteiger partial charge is 0.406 e. The number of carbonyl (C=O) groups excluding carboxylic acids is 1. The minimum absolute atomic E-state index is 0.0493. The molecule has 1 amide bonds. The van der Waals surface area contributed by atoms with E-state index in [0.717, 1.165) is 0 Å². The van der Waals surface area contributed by atoms with E-state index in [1.807, 2.05) is 0 Å². The van der Waals surface area contributed by atoms with Crippen LogP contribution >= 0.6 is 0 Å². The van der Waals surface area contributed by atoms with Gasteiger partial charge in [0.25, 0.3) is 5.91 Å². The van der Waals surface area contributed by atoms with E-state index in [9.17, 15) is 18.0 Å². The summed E-state index contributed by atoms with van der Waals surface area (Å²) in [6.07, 6.45) is -4.35. The number of ether oxygens (including phenoxy) is 1. The minimum Gasteiger partial charge on any atom is -0.406 e. The predicted molar refractivity (Wildman–Crippen MR) is 73.6 cm³/mol. The van der Waals surface area contributed by atoms with Crippen LogP contribution in [0, 0.1) is 0 Å². The lowest BCUT2D eigenvalue weighted by atomic mass is 10.2. The van der Waals surface area contributed by atoms with E-state index in [2.05, 4.69) is 15.0 Å². The molecular formula is C14H15F3N2O3. The van der Waals surface area contributed by atoms with Gasteiger partial charge < -0.3 is 20.1 Å². The molecule has 2 rings (SSSR count). The molecule has 8 heteroatoms. The molecule has 0 spiro atoms. The van der Waals surface area contributed by atoms with Gasteiger partial charge in [-0.05, 0) is 31.5 Å². The number of nitrogens with one attached hydrogen (secondary N) is 2. The highest BCUT2D eigenvalue weighted by Gasteiger charge is 2.31. The molecule has 0 aliphatic heterocycles. The Morgan fingerprint density at radius 3 is 2.77 bits per heavy atom. The highest BCUT2D eigenvalue weighted by molar-refractivity contribution is 5.98. The molecule has 0 bridgehead atoms. The first kappa shape index (κ1) is 16.2. The van der Waals surface area contributed by atoms with Crippen molar-refractivity contribution in [1.29, 1.82) is 0 Å². The van der Waals surface area contributed by atoms with Gasteiger partial charge in [-0.25, -0.2) is 0 Å². The number of benzene rings is 1. The van der Waals surface area contributed by atoms with Gasteiger partial charge in [0.05, 0.1) is 0 Å². The van der Waals surface area contributed by atoms with Crippen molar-refractivity contribution in [3.8, 4) is 5.75 Å². The van der Waals surface area contributed by atoms with Crippen LogP contribution in [0.5, 0.6) is 5.75 Å². The van der Waals surface area contributed by atoms with Gasteiger partial charge >= 0.3 is 6.36 Å². The first-order valence-corrected chi connectivity index (χ1v) is 6.59. The average Bonchev–Trinajstić information content (AvgIpc) is 2.80. The molecule has 22 heavy (non-hydrogen) atoms. The zero-order valence-electron chi connectivity index (χ0n) is 11.7. The van der Waals surface area contributed by atoms with Crippen molar-refractivity contribution in [2.75, 3.05) is 6.61 Å². The van der Waals surface area contributed by atoms with Crippen molar-refractivity contribution >= 4 is 16.8 Å². The lowest BCUT2D eigenvalue weighted by Gasteiger charge is -2.11. The zero-order valence-corrected chi connectivity index (χ0v) is 11.7. The Balaban J connectivity index is 2.18. The van der Waals surface area contributed by atoms with Gasteiger partial charge in [0.2, 0.25) is 0 Å². The van der Waals surface area contributed by atoms with E-state index in [-0.39, 0.29) is 24.1 Å². The third-order valence-electron chi connectivity index (χ3n) is 3.01. The van der Waals surface area contributed by atoms with Gasteiger partial charge in [0.1, 0.15) is 11.4 Å². The molecule has 1 aromatic carbocycles. The van der Waals surface area contributed by atoms with Crippen molar-refractivity contribution < 1.29 is 27.8 Å². The maximum atomic E-state index is 12.2. The fourth-order valence-corrected chi connectivity index (χ4v) is 1.99. The molecule has 0 aliphatic carbocycles. The Labute approximate surface area is 124 Å². The number of aliphatic hydroxyl groups excluding tert-OH is 1. The number of aromatic amines is 1. The summed E-state index contributed by atoms with van der Waals surface area (Å²) >= 11 is 0. The first-order valence-electron chi connectivity index (χ1n) is 6.59. The summed E-state index contributed by atoms with van der Waals surface area (Å²) in [5.74, 6) is -0.752. The molecule has 5 nitrogen and oxygen atoms in total. The van der Waals surface area contributed by atoms with Crippen LogP contribution in [-0.4, -0.2) is 35.0 Å². The predicted octanol–water partition coefficient (Wildman–Crippen LogP) is 2.57. The van der Waals surface area contributed by atoms with E-state index in [1.165, 1.54) is 24.3 Å². The number of fused-ring (bicyclic) bond motifs is 1. The lowest BCUT2D eigenvalue weighted by Crippen LogP contribution is -2.33. The molecule has 0 saturated carbocycles. The Kier molecular flexibility index (Phi) is 4.60. The highest BCUT2D eigenvalue weighted by atomic mass is 19.4. The first-order chi connectivity index (χ1) is 10.3. The summed E-state index contributed by atoms with van der Waals surface area (Å²) in [6, 6.07) is 5.11. The minimum atomic E-state index is -4.76. The fraction of sp³-hybridized carbons (Fsp3) is 0.357. The van der Waals surface area contributed by atoms with E-state index in [1.54, 1.807) is 6.92 Å². The second kappa shape index (κ2) is 6.27. The van der Waals surface area contributed by atoms with E-state index in [4.69, 9.17) is 5.11 Å². The number of halogens is 3. The molecular weight excluding hydrogens is 301 g/mol. The van der Waals surface area contributed by atoms with Crippen molar-refractivity contribution in [3.63, 3.8) is 0 Å². The Morgan fingerprint density at radius 2 is 2.14 bits per heavy atom. The van der Waals surface area contributed by atoms with Crippen molar-refractivity contribution in [3.05, 3.63) is 30.0 Å². The van der Waals surface area contributed by atoms with Crippen LogP contribution in [0.3, 0.4) is 0 Å². The molecule has 2 aromatic rings. The second-order valence-corrected chi connectivity index (χ2v) is 4.87. The quantitative estimate of drug-likeness (QED) is 0.793. The van der Waals surface area contributed by atoms with Crippen LogP contribution in [0.15, 0.2) is 24.3 Å². The van der Waals surface area contributed by atoms with Gasteiger partial charge in [0.15, 0.2) is 0 Å². The van der Waals surface area contributed by atoms with Crippen LogP contribution in [0.4, 0.5) is 13.2 Å². The normalized spacial score (nSPS) is 13.1. The fourth-order valence-electron chi connectivity index (χ4n) is 1.99. The molecule has 3 N–H and O–H groups in total. The summed E-state index contributed by atoms with van der Waals surface area (Å²) in [4.78, 5) is 14.7. The highest BCUT2D eigenvalue weighted by Crippen LogP contribution is 2.26. The number of aliphatic hydroxyl groups is 1. The third kappa shape index (κ3) is 4.14. The van der Waals surface area contributed by atoms with Gasteiger partial charge in [-0.2, -0.15) is 0 Å². The number of carbonyl (C=O) groups is 1. The largest absolute Gasteiger partial charge is 0.573 e. The molecule has 1 atom stereocenters. The Bertz CT molecular complexity index is 667. The van der Waals surface area contributed by atoms with Crippen LogP contribution < -0.4 is 10.1 Å². The number of H-pyrrole nitrogens is 1. The summed E-state index contributed by atoms with van der Waals surface area (Å²) < 4.78 is 40.3. The zero-order chi connectivity index (χ0) is 16.3. The average molecular weight is 316 g/mol. The van der Waals surface area contributed by atoms with Gasteiger partial charge in [-0.3, -0.25) is 4.79 Å². The molecule has 0 saturated heterocycles. The molecule has 120 valence electrons. The van der Waals surface area contributed by atoms with Gasteiger partial charge in [-0.15, -0.1) is 13.2 Å². The summed E-state index contributed by atoms with van der Waals surface area (Å²) in [6.45, 7) is 1.69. The topological polar surface area (TPSA) is 74.3 Å².